The third-order valence-electron chi connectivity index (χ3n) is 0.403. The molecule has 0 rings (SSSR count). The van der Waals surface area contributed by atoms with Crippen LogP contribution < -0.4 is 4.72 Å². The average molecular weight is 215 g/mol. The third-order valence-corrected chi connectivity index (χ3v) is 3.22. The van der Waals surface area contributed by atoms with Gasteiger partial charge in [0.2, 0.25) is 0 Å². The summed E-state index contributed by atoms with van der Waals surface area (Å²) in [5.41, 5.74) is 0. The van der Waals surface area contributed by atoms with Crippen LogP contribution in [-0.4, -0.2) is 0 Å². The number of halogens is 3. The Morgan fingerprint density at radius 1 is 1.50 bits per heavy atom. The second kappa shape index (κ2) is 2.38. The molecule has 2 N–H and O–H groups in total. The SMILES string of the molecule is C=C[CH2][Cr]([NH2])([Cl])([Cl])[Cl]. The summed E-state index contributed by atoms with van der Waals surface area (Å²) in [6, 6.07) is 0. The van der Waals surface area contributed by atoms with Gasteiger partial charge in [0.05, 0.1) is 0 Å². The van der Waals surface area contributed by atoms with Crippen LogP contribution in [0, 0.1) is 0 Å². The molecule has 0 heterocycles. The fourth-order valence-electron chi connectivity index (χ4n) is 0.202. The van der Waals surface area contributed by atoms with Gasteiger partial charge in [-0.1, -0.05) is 0 Å². The Morgan fingerprint density at radius 2 is 1.88 bits per heavy atom. The van der Waals surface area contributed by atoms with E-state index in [0.717, 1.165) is 0 Å². The predicted octanol–water partition coefficient (Wildman–Crippen LogP) is 2.62. The van der Waals surface area contributed by atoms with Crippen LogP contribution >= 0.6 is 30.1 Å². The van der Waals surface area contributed by atoms with E-state index < -0.39 is 9.46 Å². The van der Waals surface area contributed by atoms with Crippen LogP contribution in [0.1, 0.15) is 0 Å². The Hall–Kier alpha value is 1.10. The van der Waals surface area contributed by atoms with Gasteiger partial charge in [-0.3, -0.25) is 0 Å². The molecule has 0 fully saturated rings. The van der Waals surface area contributed by atoms with E-state index in [4.69, 9.17) is 34.9 Å². The van der Waals surface area contributed by atoms with Gasteiger partial charge in [-0.05, 0) is 0 Å². The molecular weight excluding hydrogens is 208 g/mol. The van der Waals surface area contributed by atoms with Crippen molar-refractivity contribution in [2.45, 2.75) is 5.28 Å². The number of rotatable bonds is 2. The van der Waals surface area contributed by atoms with E-state index in [2.05, 4.69) is 6.58 Å². The molecule has 0 bridgehead atoms. The summed E-state index contributed by atoms with van der Waals surface area (Å²) in [4.78, 5) is 0. The maximum atomic E-state index is 5.49. The van der Waals surface area contributed by atoms with E-state index in [1.54, 1.807) is 0 Å². The van der Waals surface area contributed by atoms with Crippen LogP contribution in [0.15, 0.2) is 12.7 Å². The predicted molar refractivity (Wildman–Crippen MR) is 36.8 cm³/mol. The maximum absolute atomic E-state index is 5.49. The Morgan fingerprint density at radius 3 is 1.88 bits per heavy atom. The zero-order chi connectivity index (χ0) is 6.86. The molecular formula is C3H7Cl3CrN. The fourth-order valence-corrected chi connectivity index (χ4v) is 1.93. The van der Waals surface area contributed by atoms with Crippen LogP contribution in [0.3, 0.4) is 0 Å². The van der Waals surface area contributed by atoms with E-state index in [-0.39, 0.29) is 0 Å². The number of hydrogen-bond acceptors (Lipinski definition) is 1. The molecule has 0 saturated carbocycles. The topological polar surface area (TPSA) is 26.0 Å². The van der Waals surface area contributed by atoms with Crippen molar-refractivity contribution in [1.29, 1.82) is 0 Å². The number of nitrogens with two attached hydrogens (primary N) is 1. The molecule has 0 saturated heterocycles. The first-order chi connectivity index (χ1) is 3.31. The summed E-state index contributed by atoms with van der Waals surface area (Å²) in [7, 11) is 12.8. The van der Waals surface area contributed by atoms with E-state index in [0.29, 0.717) is 5.28 Å². The van der Waals surface area contributed by atoms with Gasteiger partial charge in [-0.2, -0.15) is 0 Å². The van der Waals surface area contributed by atoms with Crippen molar-refractivity contribution < 1.29 is 9.46 Å². The van der Waals surface area contributed by atoms with Gasteiger partial charge in [-0.15, -0.1) is 0 Å². The second-order valence-corrected chi connectivity index (χ2v) is 15.5. The van der Waals surface area contributed by atoms with Gasteiger partial charge in [0.15, 0.2) is 0 Å². The Kier molecular flexibility index (Phi) is 2.71. The molecule has 0 aliphatic rings. The molecule has 51 valence electrons. The Balaban J connectivity index is 3.91. The standard InChI is InChI=1S/C3H5.3ClH.Cr.H2N/c1-3-2;;;;;/h3H,1-2H2;3*1H;;1H2/q;;;;+4;-1/p-3. The van der Waals surface area contributed by atoms with Gasteiger partial charge in [0.25, 0.3) is 0 Å². The minimum atomic E-state index is -3.66. The summed E-state index contributed by atoms with van der Waals surface area (Å²) in [5, 5.41) is 0.310. The van der Waals surface area contributed by atoms with Gasteiger partial charge in [0, 0.05) is 0 Å². The van der Waals surface area contributed by atoms with E-state index in [1.807, 2.05) is 0 Å². The Bertz CT molecular complexity index is 95.6. The van der Waals surface area contributed by atoms with Crippen molar-refractivity contribution in [2.75, 3.05) is 0 Å². The van der Waals surface area contributed by atoms with Gasteiger partial charge in [0.1, 0.15) is 0 Å². The number of allylic oxidation sites excluding steroid dienone is 1. The monoisotopic (exact) mass is 214 g/mol. The molecule has 0 aromatic heterocycles. The van der Waals surface area contributed by atoms with Crippen molar-refractivity contribution in [2.24, 2.45) is 4.72 Å². The van der Waals surface area contributed by atoms with E-state index >= 15 is 0 Å². The van der Waals surface area contributed by atoms with Crippen molar-refractivity contribution in [3.05, 3.63) is 12.7 Å². The summed E-state index contributed by atoms with van der Waals surface area (Å²) in [6.45, 7) is 3.40. The zero-order valence-corrected chi connectivity index (χ0v) is 7.65. The van der Waals surface area contributed by atoms with Crippen LogP contribution in [-0.2, 0) is 9.46 Å². The minimum absolute atomic E-state index is 0.310. The van der Waals surface area contributed by atoms with Gasteiger partial charge in [-0.25, -0.2) is 0 Å². The first kappa shape index (κ1) is 9.10. The molecule has 1 nitrogen and oxygen atoms in total. The van der Waals surface area contributed by atoms with Crippen molar-refractivity contribution >= 4 is 30.1 Å². The summed E-state index contributed by atoms with van der Waals surface area (Å²) >= 11 is 0. The van der Waals surface area contributed by atoms with Crippen LogP contribution in [0.5, 0.6) is 0 Å². The molecule has 0 unspecified atom stereocenters. The normalized spacial score (nSPS) is 16.8. The molecule has 8 heavy (non-hydrogen) atoms. The quantitative estimate of drug-likeness (QED) is 0.704. The van der Waals surface area contributed by atoms with Crippen LogP contribution in [0.25, 0.3) is 0 Å². The summed E-state index contributed by atoms with van der Waals surface area (Å²) < 4.78 is 5.28. The molecule has 0 radical (unpaired) electrons. The first-order valence-corrected chi connectivity index (χ1v) is 8.70. The molecule has 0 aromatic carbocycles. The van der Waals surface area contributed by atoms with Gasteiger partial charge >= 0.3 is 62.3 Å². The second-order valence-electron chi connectivity index (χ2n) is 1.39. The molecule has 0 atom stereocenters. The van der Waals surface area contributed by atoms with Crippen LogP contribution in [0.4, 0.5) is 0 Å². The van der Waals surface area contributed by atoms with E-state index in [1.165, 1.54) is 6.08 Å². The van der Waals surface area contributed by atoms with E-state index in [9.17, 15) is 0 Å². The van der Waals surface area contributed by atoms with Gasteiger partial charge < -0.3 is 0 Å². The van der Waals surface area contributed by atoms with Crippen LogP contribution in [0.2, 0.25) is 5.28 Å². The van der Waals surface area contributed by atoms with Crippen molar-refractivity contribution in [3.8, 4) is 0 Å². The third kappa shape index (κ3) is 7.10. The average Bonchev–Trinajstić information content (AvgIpc) is 1.25. The number of hydrogen-bond donors (Lipinski definition) is 1. The first-order valence-electron chi connectivity index (χ1n) is 1.80. The van der Waals surface area contributed by atoms with Crippen molar-refractivity contribution in [3.63, 3.8) is 0 Å². The Labute approximate surface area is 62.2 Å². The molecule has 0 aliphatic heterocycles. The molecule has 0 amide bonds. The summed E-state index contributed by atoms with van der Waals surface area (Å²) in [5.74, 6) is 0. The zero-order valence-electron chi connectivity index (χ0n) is 4.11. The molecule has 0 spiro atoms. The summed E-state index contributed by atoms with van der Waals surface area (Å²) in [6.07, 6.45) is 1.52. The van der Waals surface area contributed by atoms with Crippen molar-refractivity contribution in [1.82, 2.24) is 0 Å². The molecule has 5 heteroatoms. The fraction of sp³-hybridized carbons (Fsp3) is 0.333. The molecule has 0 aromatic rings. The molecule has 0 aliphatic carbocycles.